The van der Waals surface area contributed by atoms with Crippen LogP contribution in [0.2, 0.25) is 0 Å². The van der Waals surface area contributed by atoms with Gasteiger partial charge in [-0.3, -0.25) is 9.00 Å². The first kappa shape index (κ1) is 18.1. The predicted octanol–water partition coefficient (Wildman–Crippen LogP) is 1.54. The molecular weight excluding hydrogens is 266 g/mol. The summed E-state index contributed by atoms with van der Waals surface area (Å²) in [7, 11) is -1.22. The van der Waals surface area contributed by atoms with Gasteiger partial charge in [0, 0.05) is 23.5 Å². The van der Waals surface area contributed by atoms with Crippen LogP contribution in [-0.4, -0.2) is 38.7 Å². The topological polar surface area (TPSA) is 83.5 Å². The number of unbranched alkanes of at least 4 members (excludes halogenated alkanes) is 1. The fourth-order valence-electron chi connectivity index (χ4n) is 1.83. The molecule has 0 radical (unpaired) electrons. The van der Waals surface area contributed by atoms with Gasteiger partial charge in [-0.25, -0.2) is 4.79 Å². The van der Waals surface area contributed by atoms with Crippen LogP contribution in [0.5, 0.6) is 0 Å². The zero-order valence-electron chi connectivity index (χ0n) is 12.0. The molecule has 0 rings (SSSR count). The number of carboxylic acids is 1. The molecular formula is C13H25NO4S. The number of nitrogens with one attached hydrogen (secondary N) is 1. The van der Waals surface area contributed by atoms with E-state index in [1.54, 1.807) is 0 Å². The van der Waals surface area contributed by atoms with Gasteiger partial charge in [0.15, 0.2) is 0 Å². The molecule has 112 valence electrons. The number of amides is 1. The van der Waals surface area contributed by atoms with Crippen molar-refractivity contribution >= 4 is 22.7 Å². The maximum absolute atomic E-state index is 12.0. The van der Waals surface area contributed by atoms with Crippen LogP contribution in [0.25, 0.3) is 0 Å². The van der Waals surface area contributed by atoms with Gasteiger partial charge in [0.2, 0.25) is 5.91 Å². The Morgan fingerprint density at radius 3 is 2.32 bits per heavy atom. The van der Waals surface area contributed by atoms with Crippen molar-refractivity contribution in [2.75, 3.05) is 11.5 Å². The van der Waals surface area contributed by atoms with Gasteiger partial charge in [-0.1, -0.05) is 33.1 Å². The number of aliphatic carboxylic acids is 1. The zero-order valence-corrected chi connectivity index (χ0v) is 12.8. The summed E-state index contributed by atoms with van der Waals surface area (Å²) < 4.78 is 12.0. The number of carboxylic acid groups (broad SMARTS) is 1. The fourth-order valence-corrected chi connectivity index (χ4v) is 3.50. The lowest BCUT2D eigenvalue weighted by Crippen LogP contribution is -2.44. The molecule has 3 atom stereocenters. The molecule has 3 unspecified atom stereocenters. The Hall–Kier alpha value is -0.910. The Bertz CT molecular complexity index is 320. The Kier molecular flexibility index (Phi) is 9.47. The Morgan fingerprint density at radius 1 is 1.26 bits per heavy atom. The van der Waals surface area contributed by atoms with Gasteiger partial charge in [0.25, 0.3) is 0 Å². The predicted molar refractivity (Wildman–Crippen MR) is 76.4 cm³/mol. The molecule has 0 aliphatic rings. The van der Waals surface area contributed by atoms with Crippen LogP contribution in [0.4, 0.5) is 0 Å². The molecule has 0 fully saturated rings. The summed E-state index contributed by atoms with van der Waals surface area (Å²) in [5.41, 5.74) is 0. The van der Waals surface area contributed by atoms with E-state index in [1.807, 2.05) is 0 Å². The normalized spacial score (nSPS) is 15.5. The van der Waals surface area contributed by atoms with Gasteiger partial charge in [0.05, 0.1) is 5.75 Å². The minimum absolute atomic E-state index is 0.0163. The van der Waals surface area contributed by atoms with Crippen molar-refractivity contribution in [1.29, 1.82) is 0 Å². The van der Waals surface area contributed by atoms with Crippen molar-refractivity contribution in [2.24, 2.45) is 5.92 Å². The third-order valence-electron chi connectivity index (χ3n) is 2.99. The first-order chi connectivity index (χ1) is 8.90. The van der Waals surface area contributed by atoms with Crippen molar-refractivity contribution in [3.63, 3.8) is 0 Å². The van der Waals surface area contributed by atoms with Gasteiger partial charge in [-0.05, 0) is 12.3 Å². The highest BCUT2D eigenvalue weighted by atomic mass is 32.2. The average molecular weight is 291 g/mol. The lowest BCUT2D eigenvalue weighted by molar-refractivity contribution is -0.140. The average Bonchev–Trinajstić information content (AvgIpc) is 2.32. The highest BCUT2D eigenvalue weighted by Gasteiger charge is 2.22. The molecule has 0 heterocycles. The van der Waals surface area contributed by atoms with E-state index >= 15 is 0 Å². The molecule has 0 bridgehead atoms. The van der Waals surface area contributed by atoms with Gasteiger partial charge in [-0.2, -0.15) is 0 Å². The molecule has 0 aliphatic heterocycles. The van der Waals surface area contributed by atoms with E-state index in [0.29, 0.717) is 11.7 Å². The largest absolute Gasteiger partial charge is 0.480 e. The first-order valence-electron chi connectivity index (χ1n) is 6.75. The molecule has 0 aliphatic carbocycles. The summed E-state index contributed by atoms with van der Waals surface area (Å²) in [4.78, 5) is 21.8. The molecule has 0 aromatic rings. The van der Waals surface area contributed by atoms with Crippen LogP contribution in [0, 0.1) is 5.92 Å². The summed E-state index contributed by atoms with van der Waals surface area (Å²) in [5, 5.41) is 11.3. The maximum Gasteiger partial charge on any atom is 0.327 e. The SMILES string of the molecule is CCCCC(CC)CS(=O)CC(NC(C)=O)C(=O)O. The molecule has 0 aromatic carbocycles. The molecule has 1 amide bonds. The highest BCUT2D eigenvalue weighted by molar-refractivity contribution is 7.85. The van der Waals surface area contributed by atoms with Crippen LogP contribution in [0.15, 0.2) is 0 Å². The Morgan fingerprint density at radius 2 is 1.89 bits per heavy atom. The van der Waals surface area contributed by atoms with Crippen LogP contribution in [0.3, 0.4) is 0 Å². The molecule has 19 heavy (non-hydrogen) atoms. The van der Waals surface area contributed by atoms with Crippen molar-refractivity contribution < 1.29 is 18.9 Å². The summed E-state index contributed by atoms with van der Waals surface area (Å²) in [5.74, 6) is -0.683. The monoisotopic (exact) mass is 291 g/mol. The van der Waals surface area contributed by atoms with Crippen molar-refractivity contribution in [2.45, 2.75) is 52.5 Å². The number of hydrogen-bond donors (Lipinski definition) is 2. The number of rotatable bonds is 10. The summed E-state index contributed by atoms with van der Waals surface area (Å²) in [6.45, 7) is 5.43. The molecule has 6 heteroatoms. The summed E-state index contributed by atoms with van der Waals surface area (Å²) in [6.07, 6.45) is 4.18. The van der Waals surface area contributed by atoms with Crippen LogP contribution >= 0.6 is 0 Å². The van der Waals surface area contributed by atoms with Gasteiger partial charge < -0.3 is 10.4 Å². The van der Waals surface area contributed by atoms with Gasteiger partial charge in [0.1, 0.15) is 6.04 Å². The number of hydrogen-bond acceptors (Lipinski definition) is 3. The molecule has 0 aromatic heterocycles. The fraction of sp³-hybridized carbons (Fsp3) is 0.846. The highest BCUT2D eigenvalue weighted by Crippen LogP contribution is 2.14. The van der Waals surface area contributed by atoms with Crippen LogP contribution in [-0.2, 0) is 20.4 Å². The van der Waals surface area contributed by atoms with Crippen molar-refractivity contribution in [3.05, 3.63) is 0 Å². The van der Waals surface area contributed by atoms with E-state index in [9.17, 15) is 13.8 Å². The smallest absolute Gasteiger partial charge is 0.327 e. The Balaban J connectivity index is 4.31. The summed E-state index contributed by atoms with van der Waals surface area (Å²) >= 11 is 0. The number of carbonyl (C=O) groups is 2. The molecule has 0 spiro atoms. The molecule has 0 saturated heterocycles. The lowest BCUT2D eigenvalue weighted by Gasteiger charge is -2.17. The molecule has 2 N–H and O–H groups in total. The third kappa shape index (κ3) is 8.75. The second-order valence-corrected chi connectivity index (χ2v) is 6.33. The van der Waals surface area contributed by atoms with E-state index < -0.39 is 28.7 Å². The van der Waals surface area contributed by atoms with E-state index in [0.717, 1.165) is 25.7 Å². The molecule has 0 saturated carbocycles. The van der Waals surface area contributed by atoms with Crippen LogP contribution < -0.4 is 5.32 Å². The summed E-state index contributed by atoms with van der Waals surface area (Å²) in [6, 6.07) is -1.05. The van der Waals surface area contributed by atoms with E-state index in [4.69, 9.17) is 5.11 Å². The second-order valence-electron chi connectivity index (χ2n) is 4.78. The quantitative estimate of drug-likeness (QED) is 0.639. The second kappa shape index (κ2) is 9.95. The van der Waals surface area contributed by atoms with E-state index in [2.05, 4.69) is 19.2 Å². The maximum atomic E-state index is 12.0. The zero-order chi connectivity index (χ0) is 14.8. The third-order valence-corrected chi connectivity index (χ3v) is 4.54. The number of carbonyl (C=O) groups excluding carboxylic acids is 1. The van der Waals surface area contributed by atoms with Gasteiger partial charge >= 0.3 is 5.97 Å². The van der Waals surface area contributed by atoms with Crippen LogP contribution in [0.1, 0.15) is 46.5 Å². The minimum atomic E-state index is -1.22. The Labute approximate surface area is 117 Å². The van der Waals surface area contributed by atoms with Crippen molar-refractivity contribution in [1.82, 2.24) is 5.32 Å². The standard InChI is InChI=1S/C13H25NO4S/c1-4-6-7-11(5-2)8-19(18)9-12(13(16)17)14-10(3)15/h11-12H,4-9H2,1-3H3,(H,14,15)(H,16,17). The molecule has 5 nitrogen and oxygen atoms in total. The van der Waals surface area contributed by atoms with Gasteiger partial charge in [-0.15, -0.1) is 0 Å². The minimum Gasteiger partial charge on any atom is -0.480 e. The van der Waals surface area contributed by atoms with Crippen molar-refractivity contribution in [3.8, 4) is 0 Å². The van der Waals surface area contributed by atoms with E-state index in [1.165, 1.54) is 6.92 Å². The lowest BCUT2D eigenvalue weighted by atomic mass is 10.0. The first-order valence-corrected chi connectivity index (χ1v) is 8.24. The van der Waals surface area contributed by atoms with E-state index in [-0.39, 0.29) is 5.75 Å².